The van der Waals surface area contributed by atoms with Crippen molar-refractivity contribution in [2.75, 3.05) is 7.11 Å². The standard InChI is InChI=1S/C35H40N4O7/c1-8-19-15(3)26(14-40)36-25(19)13-24-18(6)28-32(38-24)29(30(33(28)43)35(45)46-7)31-21(10-11-27(41)42)17(5)22(37-31)12-23-16(4)20(9-2)34(44)39-23/h9,14,17,21-23,36,38H,2,8,10-13H2,1,3-7H3,(H,39,44)(H,41,42)/p-1/t17-,21-,22?,23?/m0/s1. The molecular weight excluding hydrogens is 588 g/mol. The number of aliphatic imine (C=N–C) groups is 1. The summed E-state index contributed by atoms with van der Waals surface area (Å²) in [7, 11) is 1.21. The number of allylic oxidation sites excluding steroid dienone is 1. The highest BCUT2D eigenvalue weighted by molar-refractivity contribution is 6.45. The molecule has 0 saturated heterocycles. The molecular formula is C35H39N4O7-. The van der Waals surface area contributed by atoms with Crippen LogP contribution < -0.4 is 10.4 Å². The second-order valence-electron chi connectivity index (χ2n) is 12.3. The Morgan fingerprint density at radius 2 is 1.83 bits per heavy atom. The lowest BCUT2D eigenvalue weighted by Gasteiger charge is -2.24. The number of aldehydes is 1. The van der Waals surface area contributed by atoms with E-state index in [1.165, 1.54) is 13.2 Å². The van der Waals surface area contributed by atoms with Crippen LogP contribution in [-0.2, 0) is 32.0 Å². The number of fused-ring (bicyclic) bond motifs is 1. The van der Waals surface area contributed by atoms with Crippen LogP contribution in [0.3, 0.4) is 0 Å². The van der Waals surface area contributed by atoms with Crippen LogP contribution in [0.5, 0.6) is 0 Å². The SMILES string of the molecule is C=CC1=C(C)C(CC2N=C(C3=C(C(=O)OC)C(=O)c4c3[nH]c(Cc3[nH]c(C=O)c(C)c3CC)c4C)[C@@H](CCC(=O)[O-])[C@@H]2C)NC1=O. The smallest absolute Gasteiger partial charge is 0.342 e. The van der Waals surface area contributed by atoms with Gasteiger partial charge in [-0.3, -0.25) is 19.4 Å². The summed E-state index contributed by atoms with van der Waals surface area (Å²) in [6.45, 7) is 13.3. The van der Waals surface area contributed by atoms with E-state index < -0.39 is 23.6 Å². The Morgan fingerprint density at radius 1 is 1.11 bits per heavy atom. The number of aliphatic carboxylic acids is 1. The number of amides is 1. The third-order valence-electron chi connectivity index (χ3n) is 10.0. The Labute approximate surface area is 267 Å². The highest BCUT2D eigenvalue weighted by Crippen LogP contribution is 2.45. The summed E-state index contributed by atoms with van der Waals surface area (Å²) in [4.78, 5) is 74.6. The molecule has 0 radical (unpaired) electrons. The zero-order valence-corrected chi connectivity index (χ0v) is 27.0. The molecule has 3 aliphatic rings. The third kappa shape index (κ3) is 5.27. The van der Waals surface area contributed by atoms with Crippen molar-refractivity contribution in [3.8, 4) is 0 Å². The molecule has 2 aromatic heterocycles. The van der Waals surface area contributed by atoms with E-state index in [9.17, 15) is 29.1 Å². The van der Waals surface area contributed by atoms with Gasteiger partial charge in [-0.15, -0.1) is 0 Å². The lowest BCUT2D eigenvalue weighted by atomic mass is 9.80. The minimum atomic E-state index is -1.21. The first-order chi connectivity index (χ1) is 21.9. The molecule has 0 aromatic carbocycles. The summed E-state index contributed by atoms with van der Waals surface area (Å²) in [5.74, 6) is -3.30. The molecule has 5 rings (SSSR count). The van der Waals surface area contributed by atoms with E-state index in [1.807, 2.05) is 34.6 Å². The number of nitrogens with one attached hydrogen (secondary N) is 3. The number of nitrogens with zero attached hydrogens (tertiary/aromatic N) is 1. The molecule has 0 fully saturated rings. The van der Waals surface area contributed by atoms with Gasteiger partial charge in [0.2, 0.25) is 5.78 Å². The topological polar surface area (TPSA) is 174 Å². The van der Waals surface area contributed by atoms with Crippen molar-refractivity contribution in [3.05, 3.63) is 74.4 Å². The summed E-state index contributed by atoms with van der Waals surface area (Å²) in [5.41, 5.74) is 7.48. The number of hydrogen-bond donors (Lipinski definition) is 3. The highest BCUT2D eigenvalue weighted by atomic mass is 16.5. The second-order valence-corrected chi connectivity index (χ2v) is 12.3. The number of esters is 1. The van der Waals surface area contributed by atoms with E-state index in [0.717, 1.165) is 34.4 Å². The molecule has 11 nitrogen and oxygen atoms in total. The van der Waals surface area contributed by atoms with Crippen molar-refractivity contribution < 1.29 is 33.8 Å². The van der Waals surface area contributed by atoms with Gasteiger partial charge in [0.15, 0.2) is 6.29 Å². The predicted octanol–water partition coefficient (Wildman–Crippen LogP) is 3.04. The zero-order valence-electron chi connectivity index (χ0n) is 27.0. The molecule has 3 N–H and O–H groups in total. The molecule has 2 unspecified atom stereocenters. The van der Waals surface area contributed by atoms with Crippen LogP contribution in [0.4, 0.5) is 0 Å². The van der Waals surface area contributed by atoms with Gasteiger partial charge in [0, 0.05) is 46.6 Å². The Bertz CT molecular complexity index is 1780. The first-order valence-corrected chi connectivity index (χ1v) is 15.5. The third-order valence-corrected chi connectivity index (χ3v) is 10.0. The van der Waals surface area contributed by atoms with Gasteiger partial charge in [-0.2, -0.15) is 0 Å². The molecule has 4 heterocycles. The van der Waals surface area contributed by atoms with Gasteiger partial charge in [-0.1, -0.05) is 26.5 Å². The number of carboxylic acids is 1. The van der Waals surface area contributed by atoms with Gasteiger partial charge >= 0.3 is 5.97 Å². The fraction of sp³-hybridized carbons (Fsp3) is 0.429. The molecule has 0 saturated carbocycles. The van der Waals surface area contributed by atoms with Crippen molar-refractivity contribution >= 4 is 41.2 Å². The van der Waals surface area contributed by atoms with Gasteiger partial charge in [0.25, 0.3) is 5.91 Å². The van der Waals surface area contributed by atoms with Gasteiger partial charge < -0.3 is 29.9 Å². The maximum absolute atomic E-state index is 14.0. The Morgan fingerprint density at radius 3 is 2.41 bits per heavy atom. The number of aromatic amines is 2. The minimum Gasteiger partial charge on any atom is -0.550 e. The number of aromatic nitrogens is 2. The summed E-state index contributed by atoms with van der Waals surface area (Å²) in [6, 6.07) is -0.636. The van der Waals surface area contributed by atoms with E-state index >= 15 is 0 Å². The average molecular weight is 628 g/mol. The van der Waals surface area contributed by atoms with Crippen molar-refractivity contribution in [2.45, 2.75) is 78.8 Å². The van der Waals surface area contributed by atoms with E-state index in [0.29, 0.717) is 58.6 Å². The van der Waals surface area contributed by atoms with Gasteiger partial charge in [0.05, 0.1) is 36.1 Å². The van der Waals surface area contributed by atoms with Crippen molar-refractivity contribution in [2.24, 2.45) is 16.8 Å². The molecule has 0 spiro atoms. The van der Waals surface area contributed by atoms with Crippen molar-refractivity contribution in [3.63, 3.8) is 0 Å². The van der Waals surface area contributed by atoms with Crippen LogP contribution in [-0.4, -0.2) is 64.8 Å². The Hall–Kier alpha value is -4.80. The van der Waals surface area contributed by atoms with Gasteiger partial charge in [-0.05, 0) is 74.6 Å². The summed E-state index contributed by atoms with van der Waals surface area (Å²) in [5, 5.41) is 14.6. The molecule has 46 heavy (non-hydrogen) atoms. The van der Waals surface area contributed by atoms with Crippen LogP contribution in [0.2, 0.25) is 0 Å². The molecule has 242 valence electrons. The zero-order chi connectivity index (χ0) is 33.6. The molecule has 1 aliphatic carbocycles. The molecule has 0 bridgehead atoms. The number of Topliss-reactive ketones (excluding diaryl/α,β-unsaturated/α-hetero) is 1. The predicted molar refractivity (Wildman–Crippen MR) is 169 cm³/mol. The van der Waals surface area contributed by atoms with Crippen LogP contribution >= 0.6 is 0 Å². The second kappa shape index (κ2) is 12.5. The van der Waals surface area contributed by atoms with Crippen LogP contribution in [0.15, 0.2) is 34.4 Å². The average Bonchev–Trinajstić information content (AvgIpc) is 3.76. The van der Waals surface area contributed by atoms with E-state index in [-0.39, 0.29) is 42.3 Å². The number of rotatable bonds is 12. The first-order valence-electron chi connectivity index (χ1n) is 15.5. The van der Waals surface area contributed by atoms with Gasteiger partial charge in [0.1, 0.15) is 5.57 Å². The lowest BCUT2D eigenvalue weighted by Crippen LogP contribution is -2.33. The number of hydrogen-bond acceptors (Lipinski definition) is 8. The number of carbonyl (C=O) groups excluding carboxylic acids is 5. The first kappa shape index (κ1) is 32.6. The number of ketones is 1. The number of methoxy groups -OCH3 is 1. The van der Waals surface area contributed by atoms with Crippen LogP contribution in [0, 0.1) is 25.7 Å². The Kier molecular flexibility index (Phi) is 8.88. The molecule has 11 heteroatoms. The van der Waals surface area contributed by atoms with Crippen molar-refractivity contribution in [1.29, 1.82) is 0 Å². The number of ether oxygens (including phenoxy) is 1. The Balaban J connectivity index is 1.62. The quantitative estimate of drug-likeness (QED) is 0.184. The van der Waals surface area contributed by atoms with Crippen molar-refractivity contribution in [1.82, 2.24) is 15.3 Å². The van der Waals surface area contributed by atoms with Gasteiger partial charge in [-0.25, -0.2) is 4.79 Å². The normalized spacial score (nSPS) is 22.3. The monoisotopic (exact) mass is 627 g/mol. The number of carboxylic acid groups (broad SMARTS) is 1. The van der Waals surface area contributed by atoms with E-state index in [1.54, 1.807) is 0 Å². The molecule has 2 aliphatic heterocycles. The highest BCUT2D eigenvalue weighted by Gasteiger charge is 2.46. The fourth-order valence-corrected chi connectivity index (χ4v) is 7.40. The van der Waals surface area contributed by atoms with E-state index in [2.05, 4.69) is 21.9 Å². The summed E-state index contributed by atoms with van der Waals surface area (Å²) >= 11 is 0. The fourth-order valence-electron chi connectivity index (χ4n) is 7.40. The summed E-state index contributed by atoms with van der Waals surface area (Å²) < 4.78 is 5.07. The maximum Gasteiger partial charge on any atom is 0.342 e. The number of carbonyl (C=O) groups is 5. The lowest BCUT2D eigenvalue weighted by molar-refractivity contribution is -0.305. The maximum atomic E-state index is 14.0. The van der Waals surface area contributed by atoms with Crippen LogP contribution in [0.25, 0.3) is 5.57 Å². The largest absolute Gasteiger partial charge is 0.550 e. The van der Waals surface area contributed by atoms with Crippen LogP contribution in [0.1, 0.15) is 94.7 Å². The summed E-state index contributed by atoms with van der Waals surface area (Å²) in [6.07, 6.45) is 3.83. The number of H-pyrrole nitrogens is 2. The minimum absolute atomic E-state index is 0.143. The molecule has 2 aromatic rings. The van der Waals surface area contributed by atoms with E-state index in [4.69, 9.17) is 9.73 Å². The molecule has 1 amide bonds. The molecule has 4 atom stereocenters.